The van der Waals surface area contributed by atoms with Gasteiger partial charge in [-0.3, -0.25) is 19.2 Å². The summed E-state index contributed by atoms with van der Waals surface area (Å²) in [6, 6.07) is 1.62. The maximum atomic E-state index is 14.0. The monoisotopic (exact) mass is 548 g/mol. The number of benzene rings is 1. The lowest BCUT2D eigenvalue weighted by Crippen LogP contribution is -2.58. The molecule has 2 atom stereocenters. The molecule has 12 heteroatoms. The van der Waals surface area contributed by atoms with Crippen LogP contribution in [0.1, 0.15) is 77.0 Å². The fourth-order valence-corrected chi connectivity index (χ4v) is 4.12. The summed E-state index contributed by atoms with van der Waals surface area (Å²) in [6.07, 6.45) is 0.540. The summed E-state index contributed by atoms with van der Waals surface area (Å²) in [4.78, 5) is 65.2. The molecule has 0 aliphatic heterocycles. The number of hydrogen-bond donors (Lipinski definition) is 4. The van der Waals surface area contributed by atoms with E-state index >= 15 is 0 Å². The molecule has 0 aromatic heterocycles. The molecule has 12 nitrogen and oxygen atoms in total. The molecule has 2 rings (SSSR count). The normalized spacial score (nSPS) is 14.8. The van der Waals surface area contributed by atoms with Crippen LogP contribution in [0.3, 0.4) is 0 Å². The minimum atomic E-state index is -1.38. The average Bonchev–Trinajstić information content (AvgIpc) is 2.77. The minimum Gasteiger partial charge on any atom is -0.508 e. The van der Waals surface area contributed by atoms with Gasteiger partial charge in [0, 0.05) is 12.6 Å². The molecule has 216 valence electrons. The number of nitrogens with zero attached hydrogens (tertiary/aromatic N) is 1. The van der Waals surface area contributed by atoms with Gasteiger partial charge in [-0.15, -0.1) is 0 Å². The number of nitrogens with one attached hydrogen (secondary N) is 2. The van der Waals surface area contributed by atoms with Crippen molar-refractivity contribution in [3.05, 3.63) is 29.3 Å². The molecule has 5 N–H and O–H groups in total. The number of alkyl carbamates (subject to hydrolysis) is 1. The van der Waals surface area contributed by atoms with E-state index in [-0.39, 0.29) is 31.4 Å². The van der Waals surface area contributed by atoms with Gasteiger partial charge < -0.3 is 35.8 Å². The number of aryl methyl sites for hydroxylation is 1. The van der Waals surface area contributed by atoms with Crippen molar-refractivity contribution in [1.29, 1.82) is 0 Å². The highest BCUT2D eigenvalue weighted by atomic mass is 16.6. The quantitative estimate of drug-likeness (QED) is 0.286. The van der Waals surface area contributed by atoms with Crippen molar-refractivity contribution in [3.63, 3.8) is 0 Å². The molecular weight excluding hydrogens is 508 g/mol. The summed E-state index contributed by atoms with van der Waals surface area (Å²) in [5.41, 5.74) is 5.44. The zero-order valence-corrected chi connectivity index (χ0v) is 23.2. The van der Waals surface area contributed by atoms with Gasteiger partial charge in [0.05, 0.1) is 19.4 Å². The number of phenolic OH excluding ortho intramolecular Hbond substituents is 1. The first-order valence-electron chi connectivity index (χ1n) is 13.1. The summed E-state index contributed by atoms with van der Waals surface area (Å²) >= 11 is 0. The molecule has 1 fully saturated rings. The number of rotatable bonds is 12. The maximum Gasteiger partial charge on any atom is 0.408 e. The van der Waals surface area contributed by atoms with Crippen molar-refractivity contribution < 1.29 is 38.6 Å². The van der Waals surface area contributed by atoms with Crippen LogP contribution in [0.15, 0.2) is 18.2 Å². The summed E-state index contributed by atoms with van der Waals surface area (Å²) in [5, 5.41) is 15.2. The zero-order chi connectivity index (χ0) is 29.3. The molecule has 0 radical (unpaired) electrons. The van der Waals surface area contributed by atoms with E-state index in [1.165, 1.54) is 17.0 Å². The average molecular weight is 549 g/mol. The van der Waals surface area contributed by atoms with E-state index < -0.39 is 53.9 Å². The Bertz CT molecular complexity index is 1060. The van der Waals surface area contributed by atoms with E-state index in [2.05, 4.69) is 10.6 Å². The molecule has 1 aromatic rings. The highest BCUT2D eigenvalue weighted by Gasteiger charge is 2.42. The van der Waals surface area contributed by atoms with Gasteiger partial charge in [-0.05, 0) is 77.1 Å². The third-order valence-corrected chi connectivity index (χ3v) is 6.11. The van der Waals surface area contributed by atoms with Crippen molar-refractivity contribution in [3.8, 4) is 5.75 Å². The van der Waals surface area contributed by atoms with Crippen LogP contribution in [0.5, 0.6) is 5.75 Å². The molecule has 0 saturated heterocycles. The fourth-order valence-electron chi connectivity index (χ4n) is 4.12. The number of esters is 1. The largest absolute Gasteiger partial charge is 0.508 e. The molecule has 1 aliphatic rings. The van der Waals surface area contributed by atoms with Crippen molar-refractivity contribution in [2.75, 3.05) is 13.2 Å². The molecule has 1 aromatic carbocycles. The first kappa shape index (κ1) is 31.4. The second kappa shape index (κ2) is 13.8. The van der Waals surface area contributed by atoms with Gasteiger partial charge in [-0.1, -0.05) is 6.07 Å². The van der Waals surface area contributed by atoms with Gasteiger partial charge in [0.2, 0.25) is 17.7 Å². The number of aromatic hydroxyl groups is 1. The third kappa shape index (κ3) is 9.45. The number of nitrogens with two attached hydrogens (primary N) is 1. The Labute approximate surface area is 228 Å². The Morgan fingerprint density at radius 2 is 1.85 bits per heavy atom. The molecule has 4 amide bonds. The van der Waals surface area contributed by atoms with Crippen LogP contribution in [-0.4, -0.2) is 70.6 Å². The predicted octanol–water partition coefficient (Wildman–Crippen LogP) is 1.96. The van der Waals surface area contributed by atoms with E-state index in [1.54, 1.807) is 40.7 Å². The van der Waals surface area contributed by atoms with Crippen LogP contribution >= 0.6 is 0 Å². The number of primary amides is 1. The van der Waals surface area contributed by atoms with Gasteiger partial charge in [-0.25, -0.2) is 4.79 Å². The number of phenols is 1. The maximum absolute atomic E-state index is 14.0. The third-order valence-electron chi connectivity index (χ3n) is 6.11. The van der Waals surface area contributed by atoms with Crippen LogP contribution < -0.4 is 16.4 Å². The molecule has 1 saturated carbocycles. The number of amides is 4. The van der Waals surface area contributed by atoms with Crippen molar-refractivity contribution in [2.45, 2.75) is 90.4 Å². The Kier molecular flexibility index (Phi) is 11.1. The lowest BCUT2D eigenvalue weighted by Gasteiger charge is -2.43. The molecule has 1 aliphatic carbocycles. The highest BCUT2D eigenvalue weighted by molar-refractivity contribution is 5.95. The van der Waals surface area contributed by atoms with Crippen LogP contribution in [0.4, 0.5) is 4.79 Å². The van der Waals surface area contributed by atoms with Gasteiger partial charge in [0.1, 0.15) is 23.4 Å². The predicted molar refractivity (Wildman–Crippen MR) is 141 cm³/mol. The van der Waals surface area contributed by atoms with E-state index in [0.29, 0.717) is 24.0 Å². The van der Waals surface area contributed by atoms with E-state index in [4.69, 9.17) is 15.2 Å². The summed E-state index contributed by atoms with van der Waals surface area (Å²) in [5.74, 6) is -2.54. The Morgan fingerprint density at radius 3 is 2.36 bits per heavy atom. The Balaban J connectivity index is 2.46. The molecular formula is C27H40N4O8. The van der Waals surface area contributed by atoms with Gasteiger partial charge in [-0.2, -0.15) is 0 Å². The topological polar surface area (TPSA) is 177 Å². The highest BCUT2D eigenvalue weighted by Crippen LogP contribution is 2.35. The molecule has 0 heterocycles. The van der Waals surface area contributed by atoms with E-state index in [9.17, 15) is 29.1 Å². The van der Waals surface area contributed by atoms with Gasteiger partial charge >= 0.3 is 12.1 Å². The first-order valence-corrected chi connectivity index (χ1v) is 13.1. The van der Waals surface area contributed by atoms with Crippen molar-refractivity contribution in [2.24, 2.45) is 5.73 Å². The second-order valence-corrected chi connectivity index (χ2v) is 10.5. The lowest BCUT2D eigenvalue weighted by molar-refractivity contribution is -0.148. The standard InChI is InChI=1S/C27H40N4O8/c1-6-38-22(34)12-13-29-24(35)23(17-10-11-20(32)16(2)14-17)31(18-8-7-9-18)25(36)19(15-21(28)33)30-26(37)39-27(3,4)5/h10-11,14,18-19,23,32H,6-9,12-13,15H2,1-5H3,(H2,28,33)(H,29,35)(H,30,37). The molecule has 39 heavy (non-hydrogen) atoms. The van der Waals surface area contributed by atoms with Crippen molar-refractivity contribution >= 4 is 29.8 Å². The fraction of sp³-hybridized carbons (Fsp3) is 0.593. The van der Waals surface area contributed by atoms with E-state index in [1.807, 2.05) is 0 Å². The Morgan fingerprint density at radius 1 is 1.18 bits per heavy atom. The summed E-state index contributed by atoms with van der Waals surface area (Å²) in [6.45, 7) is 8.47. The molecule has 0 spiro atoms. The van der Waals surface area contributed by atoms with Gasteiger partial charge in [0.25, 0.3) is 0 Å². The SMILES string of the molecule is CCOC(=O)CCNC(=O)C(c1ccc(O)c(C)c1)N(C(=O)C(CC(N)=O)NC(=O)OC(C)(C)C)C1CCC1. The number of ether oxygens (including phenoxy) is 2. The number of carbonyl (C=O) groups excluding carboxylic acids is 5. The first-order chi connectivity index (χ1) is 18.2. The van der Waals surface area contributed by atoms with E-state index in [0.717, 1.165) is 6.42 Å². The van der Waals surface area contributed by atoms with Crippen LogP contribution in [0.25, 0.3) is 0 Å². The van der Waals surface area contributed by atoms with Crippen LogP contribution in [-0.2, 0) is 28.7 Å². The molecule has 0 bridgehead atoms. The van der Waals surface area contributed by atoms with Gasteiger partial charge in [0.15, 0.2) is 0 Å². The smallest absolute Gasteiger partial charge is 0.408 e. The minimum absolute atomic E-state index is 0.0138. The zero-order valence-electron chi connectivity index (χ0n) is 23.2. The van der Waals surface area contributed by atoms with Crippen LogP contribution in [0, 0.1) is 6.92 Å². The van der Waals surface area contributed by atoms with Crippen LogP contribution in [0.2, 0.25) is 0 Å². The Hall–Kier alpha value is -3.83. The number of hydrogen-bond acceptors (Lipinski definition) is 8. The lowest BCUT2D eigenvalue weighted by atomic mass is 9.87. The number of carbonyl (C=O) groups is 5. The second-order valence-electron chi connectivity index (χ2n) is 10.5. The summed E-state index contributed by atoms with van der Waals surface area (Å²) in [7, 11) is 0. The van der Waals surface area contributed by atoms with Crippen molar-refractivity contribution in [1.82, 2.24) is 15.5 Å². The summed E-state index contributed by atoms with van der Waals surface area (Å²) < 4.78 is 10.2. The molecule has 2 unspecified atom stereocenters.